The van der Waals surface area contributed by atoms with Gasteiger partial charge in [-0.25, -0.2) is 4.98 Å². The summed E-state index contributed by atoms with van der Waals surface area (Å²) in [5.74, 6) is 0.788. The molecule has 0 spiro atoms. The Bertz CT molecular complexity index is 1170. The summed E-state index contributed by atoms with van der Waals surface area (Å²) in [6.07, 6.45) is 1.65. The molecule has 2 heterocycles. The van der Waals surface area contributed by atoms with Gasteiger partial charge in [0.15, 0.2) is 0 Å². The number of aromatic amines is 1. The maximum absolute atomic E-state index is 9.18. The molecular formula is C24H26ClN3O2. The molecule has 6 heteroatoms. The van der Waals surface area contributed by atoms with Gasteiger partial charge in [-0.15, -0.1) is 0 Å². The van der Waals surface area contributed by atoms with Crippen LogP contribution in [0.25, 0.3) is 33.1 Å². The molecule has 0 radical (unpaired) electrons. The van der Waals surface area contributed by atoms with Gasteiger partial charge >= 0.3 is 0 Å². The number of aryl methyl sites for hydroxylation is 1. The lowest BCUT2D eigenvalue weighted by atomic mass is 9.98. The zero-order chi connectivity index (χ0) is 21.1. The van der Waals surface area contributed by atoms with E-state index in [9.17, 15) is 5.11 Å². The van der Waals surface area contributed by atoms with Crippen molar-refractivity contribution in [1.82, 2.24) is 14.9 Å². The summed E-state index contributed by atoms with van der Waals surface area (Å²) in [6.45, 7) is 7.14. The molecule has 0 atom stereocenters. The minimum Gasteiger partial charge on any atom is -0.490 e. The number of nitrogens with zero attached hydrogens (tertiary/aromatic N) is 2. The van der Waals surface area contributed by atoms with Crippen LogP contribution in [0.1, 0.15) is 12.5 Å². The number of likely N-dealkylation sites (N-methyl/N-ethyl adjacent to an activating group) is 1. The van der Waals surface area contributed by atoms with Gasteiger partial charge in [0.05, 0.1) is 17.1 Å². The molecule has 0 aliphatic heterocycles. The molecule has 0 saturated heterocycles. The molecule has 4 aromatic rings. The van der Waals surface area contributed by atoms with E-state index < -0.39 is 0 Å². The Morgan fingerprint density at radius 1 is 1.17 bits per heavy atom. The highest BCUT2D eigenvalue weighted by Crippen LogP contribution is 2.39. The SMILES string of the molecule is CCN(CCO)CCOc1ccc(-c2cccc(C)c2)c2c1[nH]c1ncc(Cl)cc12. The zero-order valence-corrected chi connectivity index (χ0v) is 18.0. The molecule has 0 fully saturated rings. The number of fused-ring (bicyclic) bond motifs is 3. The Morgan fingerprint density at radius 2 is 2.03 bits per heavy atom. The second-order valence-electron chi connectivity index (χ2n) is 7.41. The number of nitrogens with one attached hydrogen (secondary N) is 1. The number of hydrogen-bond donors (Lipinski definition) is 2. The summed E-state index contributed by atoms with van der Waals surface area (Å²) < 4.78 is 6.16. The maximum Gasteiger partial charge on any atom is 0.143 e. The quantitative estimate of drug-likeness (QED) is 0.417. The second kappa shape index (κ2) is 9.04. The van der Waals surface area contributed by atoms with Gasteiger partial charge in [-0.3, -0.25) is 4.90 Å². The number of pyridine rings is 1. The highest BCUT2D eigenvalue weighted by atomic mass is 35.5. The molecule has 5 nitrogen and oxygen atoms in total. The van der Waals surface area contributed by atoms with Crippen molar-refractivity contribution >= 4 is 33.5 Å². The molecule has 156 valence electrons. The van der Waals surface area contributed by atoms with Crippen LogP contribution in [0.5, 0.6) is 5.75 Å². The minimum absolute atomic E-state index is 0.151. The molecule has 0 aliphatic rings. The molecule has 0 amide bonds. The monoisotopic (exact) mass is 423 g/mol. The van der Waals surface area contributed by atoms with Crippen LogP contribution >= 0.6 is 11.6 Å². The number of ether oxygens (including phenoxy) is 1. The van der Waals surface area contributed by atoms with E-state index >= 15 is 0 Å². The average Bonchev–Trinajstić information content (AvgIpc) is 3.12. The van der Waals surface area contributed by atoms with Crippen molar-refractivity contribution in [3.05, 3.63) is 59.2 Å². The largest absolute Gasteiger partial charge is 0.490 e. The summed E-state index contributed by atoms with van der Waals surface area (Å²) >= 11 is 6.27. The van der Waals surface area contributed by atoms with Gasteiger partial charge in [-0.2, -0.15) is 0 Å². The fourth-order valence-corrected chi connectivity index (χ4v) is 4.02. The molecule has 2 aromatic heterocycles. The van der Waals surface area contributed by atoms with Crippen LogP contribution in [0.4, 0.5) is 0 Å². The lowest BCUT2D eigenvalue weighted by Gasteiger charge is -2.19. The predicted octanol–water partition coefficient (Wildman–Crippen LogP) is 5.04. The number of aliphatic hydroxyl groups is 1. The van der Waals surface area contributed by atoms with E-state index in [1.165, 1.54) is 5.56 Å². The normalized spacial score (nSPS) is 11.6. The third-order valence-electron chi connectivity index (χ3n) is 5.39. The fraction of sp³-hybridized carbons (Fsp3) is 0.292. The fourth-order valence-electron chi connectivity index (χ4n) is 3.86. The van der Waals surface area contributed by atoms with Crippen LogP contribution in [0.3, 0.4) is 0 Å². The molecule has 30 heavy (non-hydrogen) atoms. The van der Waals surface area contributed by atoms with Crippen LogP contribution in [0, 0.1) is 6.92 Å². The van der Waals surface area contributed by atoms with Gasteiger partial charge in [-0.05, 0) is 42.8 Å². The van der Waals surface area contributed by atoms with Gasteiger partial charge in [0.2, 0.25) is 0 Å². The first kappa shape index (κ1) is 20.7. The van der Waals surface area contributed by atoms with Gasteiger partial charge in [0.1, 0.15) is 18.0 Å². The number of aliphatic hydroxyl groups excluding tert-OH is 1. The summed E-state index contributed by atoms with van der Waals surface area (Å²) in [5.41, 5.74) is 5.18. The standard InChI is InChI=1S/C24H26ClN3O2/c1-3-28(9-11-29)10-12-30-21-8-7-19(17-6-4-5-16(2)13-17)22-20-14-18(25)15-26-24(20)27-23(21)22/h4-8,13-15,29H,3,9-12H2,1-2H3,(H,26,27). The first-order valence-electron chi connectivity index (χ1n) is 10.2. The highest BCUT2D eigenvalue weighted by Gasteiger charge is 2.16. The molecule has 0 aliphatic carbocycles. The second-order valence-corrected chi connectivity index (χ2v) is 7.85. The molecule has 0 unspecified atom stereocenters. The third-order valence-corrected chi connectivity index (χ3v) is 5.60. The Labute approximate surface area is 181 Å². The van der Waals surface area contributed by atoms with E-state index in [1.54, 1.807) is 6.20 Å². The van der Waals surface area contributed by atoms with E-state index in [4.69, 9.17) is 16.3 Å². The lowest BCUT2D eigenvalue weighted by Crippen LogP contribution is -2.30. The Balaban J connectivity index is 1.78. The smallest absolute Gasteiger partial charge is 0.143 e. The van der Waals surface area contributed by atoms with Crippen LogP contribution in [-0.4, -0.2) is 52.8 Å². The average molecular weight is 424 g/mol. The van der Waals surface area contributed by atoms with Crippen molar-refractivity contribution < 1.29 is 9.84 Å². The van der Waals surface area contributed by atoms with Crippen LogP contribution < -0.4 is 4.74 Å². The summed E-state index contributed by atoms with van der Waals surface area (Å²) in [5, 5.41) is 11.8. The lowest BCUT2D eigenvalue weighted by molar-refractivity contribution is 0.174. The van der Waals surface area contributed by atoms with E-state index in [1.807, 2.05) is 12.1 Å². The van der Waals surface area contributed by atoms with Crippen LogP contribution in [-0.2, 0) is 0 Å². The first-order chi connectivity index (χ1) is 14.6. The van der Waals surface area contributed by atoms with Crippen molar-refractivity contribution in [2.75, 3.05) is 32.8 Å². The summed E-state index contributed by atoms with van der Waals surface area (Å²) in [4.78, 5) is 10.1. The van der Waals surface area contributed by atoms with E-state index in [-0.39, 0.29) is 6.61 Å². The topological polar surface area (TPSA) is 61.4 Å². The molecule has 4 rings (SSSR count). The highest BCUT2D eigenvalue weighted by molar-refractivity contribution is 6.31. The van der Waals surface area contributed by atoms with E-state index in [0.29, 0.717) is 18.2 Å². The Kier molecular flexibility index (Phi) is 6.23. The summed E-state index contributed by atoms with van der Waals surface area (Å²) in [6, 6.07) is 14.5. The zero-order valence-electron chi connectivity index (χ0n) is 17.3. The molecule has 2 aromatic carbocycles. The van der Waals surface area contributed by atoms with Crippen molar-refractivity contribution in [3.63, 3.8) is 0 Å². The van der Waals surface area contributed by atoms with Crippen molar-refractivity contribution in [3.8, 4) is 16.9 Å². The molecule has 0 bridgehead atoms. The summed E-state index contributed by atoms with van der Waals surface area (Å²) in [7, 11) is 0. The number of rotatable bonds is 8. The predicted molar refractivity (Wildman–Crippen MR) is 123 cm³/mol. The first-order valence-corrected chi connectivity index (χ1v) is 10.6. The van der Waals surface area contributed by atoms with Crippen LogP contribution in [0.15, 0.2) is 48.7 Å². The third kappa shape index (κ3) is 4.15. The maximum atomic E-state index is 9.18. The van der Waals surface area contributed by atoms with Gasteiger partial charge < -0.3 is 14.8 Å². The van der Waals surface area contributed by atoms with Gasteiger partial charge in [0, 0.05) is 30.1 Å². The van der Waals surface area contributed by atoms with Crippen molar-refractivity contribution in [2.24, 2.45) is 0 Å². The van der Waals surface area contributed by atoms with Crippen molar-refractivity contribution in [2.45, 2.75) is 13.8 Å². The molecule has 0 saturated carbocycles. The Morgan fingerprint density at radius 3 is 2.80 bits per heavy atom. The number of aromatic nitrogens is 2. The number of halogens is 1. The van der Waals surface area contributed by atoms with Crippen LogP contribution in [0.2, 0.25) is 5.02 Å². The van der Waals surface area contributed by atoms with Crippen molar-refractivity contribution in [1.29, 1.82) is 0 Å². The van der Waals surface area contributed by atoms with E-state index in [0.717, 1.165) is 51.9 Å². The number of hydrogen-bond acceptors (Lipinski definition) is 4. The van der Waals surface area contributed by atoms with E-state index in [2.05, 4.69) is 59.0 Å². The minimum atomic E-state index is 0.151. The molecule has 2 N–H and O–H groups in total. The Hall–Kier alpha value is -2.60. The van der Waals surface area contributed by atoms with Gasteiger partial charge in [-0.1, -0.05) is 48.4 Å². The van der Waals surface area contributed by atoms with Gasteiger partial charge in [0.25, 0.3) is 0 Å². The number of benzene rings is 2. The molecular weight excluding hydrogens is 398 g/mol. The number of H-pyrrole nitrogens is 1.